The molecule has 0 radical (unpaired) electrons. The summed E-state index contributed by atoms with van der Waals surface area (Å²) in [5, 5.41) is 3.56. The van der Waals surface area contributed by atoms with Crippen molar-refractivity contribution in [1.82, 2.24) is 5.32 Å². The lowest BCUT2D eigenvalue weighted by Gasteiger charge is -2.13. The molecule has 2 nitrogen and oxygen atoms in total. The molecule has 1 fully saturated rings. The first-order valence-corrected chi connectivity index (χ1v) is 6.35. The van der Waals surface area contributed by atoms with E-state index < -0.39 is 0 Å². The van der Waals surface area contributed by atoms with Crippen LogP contribution < -0.4 is 11.1 Å². The molecule has 1 aliphatic rings. The molecule has 16 heavy (non-hydrogen) atoms. The minimum Gasteiger partial charge on any atom is -0.323 e. The summed E-state index contributed by atoms with van der Waals surface area (Å²) in [6.07, 6.45) is 4.00. The summed E-state index contributed by atoms with van der Waals surface area (Å²) >= 11 is 0. The third kappa shape index (κ3) is 3.06. The van der Waals surface area contributed by atoms with E-state index >= 15 is 0 Å². The first-order valence-electron chi connectivity index (χ1n) is 6.35. The molecule has 88 valence electrons. The molecule has 0 amide bonds. The molecule has 2 heteroatoms. The molecule has 3 unspecified atom stereocenters. The zero-order valence-corrected chi connectivity index (χ0v) is 10.0. The number of nitrogens with two attached hydrogens (primary N) is 1. The molecule has 0 heterocycles. The summed E-state index contributed by atoms with van der Waals surface area (Å²) < 4.78 is 0. The van der Waals surface area contributed by atoms with Crippen LogP contribution in [0, 0.1) is 5.92 Å². The largest absolute Gasteiger partial charge is 0.323 e. The van der Waals surface area contributed by atoms with Crippen molar-refractivity contribution in [2.24, 2.45) is 11.7 Å². The van der Waals surface area contributed by atoms with E-state index in [2.05, 4.69) is 24.4 Å². The van der Waals surface area contributed by atoms with Crippen LogP contribution in [0.3, 0.4) is 0 Å². The van der Waals surface area contributed by atoms with Crippen LogP contribution in [0.4, 0.5) is 0 Å². The monoisotopic (exact) mass is 218 g/mol. The Morgan fingerprint density at radius 2 is 2.12 bits per heavy atom. The van der Waals surface area contributed by atoms with Crippen molar-refractivity contribution in [2.75, 3.05) is 6.54 Å². The predicted molar refractivity (Wildman–Crippen MR) is 68.2 cm³/mol. The van der Waals surface area contributed by atoms with Crippen molar-refractivity contribution in [3.63, 3.8) is 0 Å². The highest BCUT2D eigenvalue weighted by molar-refractivity contribution is 5.18. The van der Waals surface area contributed by atoms with Crippen molar-refractivity contribution in [1.29, 1.82) is 0 Å². The first kappa shape index (κ1) is 11.6. The van der Waals surface area contributed by atoms with Gasteiger partial charge in [0.15, 0.2) is 0 Å². The van der Waals surface area contributed by atoms with Gasteiger partial charge in [0.25, 0.3) is 0 Å². The minimum atomic E-state index is 0.129. The lowest BCUT2D eigenvalue weighted by molar-refractivity contribution is 0.556. The summed E-state index contributed by atoms with van der Waals surface area (Å²) in [5.74, 6) is 0.910. The minimum absolute atomic E-state index is 0.129. The lowest BCUT2D eigenvalue weighted by Crippen LogP contribution is -2.29. The van der Waals surface area contributed by atoms with E-state index in [1.165, 1.54) is 24.8 Å². The second-order valence-electron chi connectivity index (χ2n) is 4.82. The average molecular weight is 218 g/mol. The van der Waals surface area contributed by atoms with Gasteiger partial charge in [0.1, 0.15) is 0 Å². The molecular weight excluding hydrogens is 196 g/mol. The Hall–Kier alpha value is -0.860. The van der Waals surface area contributed by atoms with E-state index in [4.69, 9.17) is 5.73 Å². The molecule has 1 aromatic rings. The van der Waals surface area contributed by atoms with Crippen molar-refractivity contribution in [3.05, 3.63) is 35.9 Å². The molecule has 1 aliphatic carbocycles. The Kier molecular flexibility index (Phi) is 3.97. The number of benzene rings is 1. The SMILES string of the molecule is CCCC1CC1NCC(N)c1ccccc1. The van der Waals surface area contributed by atoms with Crippen molar-refractivity contribution in [2.45, 2.75) is 38.3 Å². The summed E-state index contributed by atoms with van der Waals surface area (Å²) in [7, 11) is 0. The van der Waals surface area contributed by atoms with Crippen LogP contribution in [0.15, 0.2) is 30.3 Å². The van der Waals surface area contributed by atoms with Crippen LogP contribution in [-0.4, -0.2) is 12.6 Å². The van der Waals surface area contributed by atoms with Gasteiger partial charge in [0.2, 0.25) is 0 Å². The van der Waals surface area contributed by atoms with Crippen LogP contribution in [0.2, 0.25) is 0 Å². The van der Waals surface area contributed by atoms with Gasteiger partial charge in [-0.2, -0.15) is 0 Å². The fourth-order valence-corrected chi connectivity index (χ4v) is 2.28. The van der Waals surface area contributed by atoms with Crippen LogP contribution in [-0.2, 0) is 0 Å². The molecule has 1 saturated carbocycles. The third-order valence-electron chi connectivity index (χ3n) is 3.41. The van der Waals surface area contributed by atoms with Gasteiger partial charge in [-0.25, -0.2) is 0 Å². The molecule has 3 atom stereocenters. The average Bonchev–Trinajstić information content (AvgIpc) is 3.06. The van der Waals surface area contributed by atoms with Crippen molar-refractivity contribution < 1.29 is 0 Å². The number of hydrogen-bond acceptors (Lipinski definition) is 2. The highest BCUT2D eigenvalue weighted by Gasteiger charge is 2.35. The van der Waals surface area contributed by atoms with Gasteiger partial charge >= 0.3 is 0 Å². The fourth-order valence-electron chi connectivity index (χ4n) is 2.28. The molecule has 0 bridgehead atoms. The maximum absolute atomic E-state index is 6.13. The normalized spacial score (nSPS) is 25.4. The van der Waals surface area contributed by atoms with E-state index in [1.807, 2.05) is 18.2 Å². The first-order chi connectivity index (χ1) is 7.81. The van der Waals surface area contributed by atoms with Crippen LogP contribution in [0.5, 0.6) is 0 Å². The van der Waals surface area contributed by atoms with Crippen LogP contribution in [0.25, 0.3) is 0 Å². The van der Waals surface area contributed by atoms with Gasteiger partial charge in [0.05, 0.1) is 0 Å². The second kappa shape index (κ2) is 5.46. The predicted octanol–water partition coefficient (Wildman–Crippen LogP) is 2.46. The van der Waals surface area contributed by atoms with Gasteiger partial charge in [-0.05, 0) is 24.3 Å². The zero-order chi connectivity index (χ0) is 11.4. The Morgan fingerprint density at radius 3 is 2.81 bits per heavy atom. The highest BCUT2D eigenvalue weighted by Crippen LogP contribution is 2.34. The smallest absolute Gasteiger partial charge is 0.0421 e. The van der Waals surface area contributed by atoms with Gasteiger partial charge in [0, 0.05) is 18.6 Å². The van der Waals surface area contributed by atoms with Gasteiger partial charge in [-0.3, -0.25) is 0 Å². The number of hydrogen-bond donors (Lipinski definition) is 2. The molecule has 2 rings (SSSR count). The van der Waals surface area contributed by atoms with Crippen LogP contribution in [0.1, 0.15) is 37.8 Å². The maximum atomic E-state index is 6.13. The Morgan fingerprint density at radius 1 is 1.38 bits per heavy atom. The third-order valence-corrected chi connectivity index (χ3v) is 3.41. The summed E-state index contributed by atoms with van der Waals surface area (Å²) in [4.78, 5) is 0. The van der Waals surface area contributed by atoms with E-state index in [0.29, 0.717) is 0 Å². The molecule has 0 aromatic heterocycles. The topological polar surface area (TPSA) is 38.0 Å². The number of nitrogens with one attached hydrogen (secondary N) is 1. The second-order valence-corrected chi connectivity index (χ2v) is 4.82. The molecule has 0 aliphatic heterocycles. The zero-order valence-electron chi connectivity index (χ0n) is 10.0. The Labute approximate surface area is 98.2 Å². The van der Waals surface area contributed by atoms with E-state index in [0.717, 1.165) is 18.5 Å². The molecule has 3 N–H and O–H groups in total. The van der Waals surface area contributed by atoms with Gasteiger partial charge in [-0.15, -0.1) is 0 Å². The van der Waals surface area contributed by atoms with E-state index in [-0.39, 0.29) is 6.04 Å². The van der Waals surface area contributed by atoms with Crippen LogP contribution >= 0.6 is 0 Å². The summed E-state index contributed by atoms with van der Waals surface area (Å²) in [6, 6.07) is 11.2. The maximum Gasteiger partial charge on any atom is 0.0421 e. The summed E-state index contributed by atoms with van der Waals surface area (Å²) in [6.45, 7) is 3.15. The molecule has 0 spiro atoms. The number of rotatable bonds is 6. The quantitative estimate of drug-likeness (QED) is 0.769. The molecular formula is C14H22N2. The highest BCUT2D eigenvalue weighted by atomic mass is 15.0. The summed E-state index contributed by atoms with van der Waals surface area (Å²) in [5.41, 5.74) is 7.35. The van der Waals surface area contributed by atoms with Gasteiger partial charge < -0.3 is 11.1 Å². The lowest BCUT2D eigenvalue weighted by atomic mass is 10.1. The van der Waals surface area contributed by atoms with Gasteiger partial charge in [-0.1, -0.05) is 43.7 Å². The Bertz CT molecular complexity index is 310. The molecule has 1 aromatic carbocycles. The standard InChI is InChI=1S/C14H22N2/c1-2-6-12-9-14(12)16-10-13(15)11-7-4-3-5-8-11/h3-5,7-8,12-14,16H,2,6,9-10,15H2,1H3. The molecule has 0 saturated heterocycles. The Balaban J connectivity index is 1.71. The van der Waals surface area contributed by atoms with Crippen molar-refractivity contribution in [3.8, 4) is 0 Å². The van der Waals surface area contributed by atoms with E-state index in [1.54, 1.807) is 0 Å². The fraction of sp³-hybridized carbons (Fsp3) is 0.571. The van der Waals surface area contributed by atoms with E-state index in [9.17, 15) is 0 Å². The van der Waals surface area contributed by atoms with Crippen molar-refractivity contribution >= 4 is 0 Å².